The minimum Gasteiger partial charge on any atom is -0.507 e. The van der Waals surface area contributed by atoms with Gasteiger partial charge >= 0.3 is 0 Å². The van der Waals surface area contributed by atoms with Gasteiger partial charge in [0.2, 0.25) is 0 Å². The molecule has 2 heterocycles. The largest absolute Gasteiger partial charge is 0.507 e. The Bertz CT molecular complexity index is 1440. The second-order valence-corrected chi connectivity index (χ2v) is 27.5. The van der Waals surface area contributed by atoms with E-state index in [0.29, 0.717) is 33.8 Å². The number of phenols is 2. The van der Waals surface area contributed by atoms with Crippen LogP contribution in [0.1, 0.15) is 235 Å². The van der Waals surface area contributed by atoms with E-state index in [0.717, 1.165) is 47.9 Å². The van der Waals surface area contributed by atoms with Gasteiger partial charge in [-0.15, -0.1) is 0 Å². The van der Waals surface area contributed by atoms with E-state index in [4.69, 9.17) is 0 Å². The van der Waals surface area contributed by atoms with Gasteiger partial charge in [0.15, 0.2) is 0 Å². The van der Waals surface area contributed by atoms with E-state index in [2.05, 4.69) is 175 Å². The number of hydrogen-bond acceptors (Lipinski definition) is 3. The first-order valence-corrected chi connectivity index (χ1v) is 22.9. The molecule has 2 bridgehead atoms. The molecule has 2 aliphatic rings. The van der Waals surface area contributed by atoms with Gasteiger partial charge in [-0.2, -0.15) is 11.8 Å². The third kappa shape index (κ3) is 11.3. The summed E-state index contributed by atoms with van der Waals surface area (Å²) in [7, 11) is 0. The molecule has 0 radical (unpaired) electrons. The van der Waals surface area contributed by atoms with E-state index in [1.165, 1.54) is 36.8 Å². The molecule has 2 aromatic rings. The van der Waals surface area contributed by atoms with Gasteiger partial charge in [0, 0.05) is 32.8 Å². The lowest BCUT2D eigenvalue weighted by Crippen LogP contribution is -2.35. The normalized spacial score (nSPS) is 22.3. The Kier molecular flexibility index (Phi) is 12.7. The Balaban J connectivity index is 1.78. The van der Waals surface area contributed by atoms with Crippen molar-refractivity contribution >= 4 is 11.8 Å². The van der Waals surface area contributed by atoms with Crippen molar-refractivity contribution in [3.05, 3.63) is 57.6 Å². The summed E-state index contributed by atoms with van der Waals surface area (Å²) in [5.74, 6) is 2.03. The van der Waals surface area contributed by atoms with Crippen LogP contribution in [0.3, 0.4) is 0 Å². The fourth-order valence-electron chi connectivity index (χ4n) is 12.3. The molecule has 4 unspecified atom stereocenters. The molecule has 4 atom stereocenters. The average molecular weight is 775 g/mol. The smallest absolute Gasteiger partial charge is 0.123 e. The zero-order valence-electron chi connectivity index (χ0n) is 39.6. The molecule has 55 heavy (non-hydrogen) atoms. The first kappa shape index (κ1) is 46.1. The minimum atomic E-state index is -0.150. The van der Waals surface area contributed by atoms with Gasteiger partial charge in [-0.1, -0.05) is 163 Å². The van der Waals surface area contributed by atoms with Gasteiger partial charge in [-0.3, -0.25) is 0 Å². The van der Waals surface area contributed by atoms with Crippen LogP contribution in [0.25, 0.3) is 0 Å². The minimum absolute atomic E-state index is 0.150. The van der Waals surface area contributed by atoms with Gasteiger partial charge in [0.05, 0.1) is 0 Å². The van der Waals surface area contributed by atoms with Gasteiger partial charge in [0.25, 0.3) is 0 Å². The summed E-state index contributed by atoms with van der Waals surface area (Å²) in [6, 6.07) is 9.73. The van der Waals surface area contributed by atoms with Crippen LogP contribution in [-0.2, 0) is 21.7 Å². The number of phenolic OH excluding ortho intramolecular Hbond substituents is 2. The van der Waals surface area contributed by atoms with E-state index in [9.17, 15) is 10.2 Å². The highest BCUT2D eigenvalue weighted by Gasteiger charge is 2.44. The lowest BCUT2D eigenvalue weighted by molar-refractivity contribution is 0.266. The highest BCUT2D eigenvalue weighted by atomic mass is 32.2. The Labute approximate surface area is 345 Å². The number of rotatable bonds is 10. The molecule has 2 N–H and O–H groups in total. The summed E-state index contributed by atoms with van der Waals surface area (Å²) in [4.78, 5) is 0. The molecular formula is C52H86O2S. The van der Waals surface area contributed by atoms with Crippen molar-refractivity contribution in [1.29, 1.82) is 0 Å². The molecule has 2 nitrogen and oxygen atoms in total. The molecule has 2 fully saturated rings. The molecule has 2 aliphatic heterocycles. The molecule has 312 valence electrons. The van der Waals surface area contributed by atoms with Crippen molar-refractivity contribution in [1.82, 2.24) is 0 Å². The molecule has 0 amide bonds. The molecule has 0 aliphatic carbocycles. The summed E-state index contributed by atoms with van der Waals surface area (Å²) in [5.41, 5.74) is 7.44. The molecule has 2 aromatic carbocycles. The van der Waals surface area contributed by atoms with E-state index in [1.54, 1.807) is 0 Å². The molecule has 3 heteroatoms. The average Bonchev–Trinajstić information content (AvgIpc) is 2.92. The first-order chi connectivity index (χ1) is 24.5. The van der Waals surface area contributed by atoms with Crippen LogP contribution in [0.15, 0.2) is 24.3 Å². The van der Waals surface area contributed by atoms with Crippen molar-refractivity contribution in [2.24, 2.45) is 21.7 Å². The van der Waals surface area contributed by atoms with Crippen LogP contribution >= 0.6 is 11.8 Å². The summed E-state index contributed by atoms with van der Waals surface area (Å²) in [5, 5.41) is 25.5. The predicted octanol–water partition coefficient (Wildman–Crippen LogP) is 15.9. The summed E-state index contributed by atoms with van der Waals surface area (Å²) in [6.07, 6.45) is 8.81. The lowest BCUT2D eigenvalue weighted by atomic mass is 9.66. The highest BCUT2D eigenvalue weighted by molar-refractivity contribution is 8.00. The zero-order chi connectivity index (χ0) is 42.1. The van der Waals surface area contributed by atoms with Crippen molar-refractivity contribution in [3.63, 3.8) is 0 Å². The van der Waals surface area contributed by atoms with Gasteiger partial charge in [-0.25, -0.2) is 0 Å². The first-order valence-electron chi connectivity index (χ1n) is 21.9. The van der Waals surface area contributed by atoms with E-state index >= 15 is 0 Å². The quantitative estimate of drug-likeness (QED) is 0.253. The Hall–Kier alpha value is -1.61. The number of benzene rings is 2. The summed E-state index contributed by atoms with van der Waals surface area (Å²) < 4.78 is 0. The zero-order valence-corrected chi connectivity index (χ0v) is 40.4. The highest BCUT2D eigenvalue weighted by Crippen LogP contribution is 2.57. The molecule has 4 rings (SSSR count). The van der Waals surface area contributed by atoms with Crippen molar-refractivity contribution in [2.45, 2.75) is 234 Å². The Morgan fingerprint density at radius 2 is 0.618 bits per heavy atom. The van der Waals surface area contributed by atoms with Crippen LogP contribution in [0.5, 0.6) is 11.5 Å². The topological polar surface area (TPSA) is 40.5 Å². The number of fused-ring (bicyclic) bond motifs is 2. The van der Waals surface area contributed by atoms with Crippen molar-refractivity contribution in [2.75, 3.05) is 0 Å². The number of aromatic hydroxyl groups is 2. The van der Waals surface area contributed by atoms with Crippen LogP contribution in [0.4, 0.5) is 0 Å². The molecular weight excluding hydrogens is 689 g/mol. The molecule has 0 spiro atoms. The third-order valence-electron chi connectivity index (χ3n) is 12.7. The van der Waals surface area contributed by atoms with Crippen LogP contribution < -0.4 is 0 Å². The number of thioether (sulfide) groups is 1. The fraction of sp³-hybridized carbons (Fsp3) is 0.769. The number of hydrogen-bond donors (Lipinski definition) is 2. The van der Waals surface area contributed by atoms with Gasteiger partial charge < -0.3 is 10.2 Å². The van der Waals surface area contributed by atoms with Crippen molar-refractivity contribution in [3.8, 4) is 11.5 Å². The monoisotopic (exact) mass is 775 g/mol. The van der Waals surface area contributed by atoms with Crippen LogP contribution in [-0.4, -0.2) is 20.7 Å². The van der Waals surface area contributed by atoms with Gasteiger partial charge in [-0.05, 0) is 118 Å². The predicted molar refractivity (Wildman–Crippen MR) is 244 cm³/mol. The Morgan fingerprint density at radius 3 is 0.818 bits per heavy atom. The lowest BCUT2D eigenvalue weighted by Gasteiger charge is -2.46. The SMILES string of the molecule is CC(C)(C)CC(C)(C)c1cc(C2CCC3SC2CCC3c2cc(C(C)(C)CC(C)(C)C)c(O)c(C(C)(C)CC(C)(C)C)c2)cc(C(C)(C)CC(C)(C)C)c1O. The molecule has 0 saturated carbocycles. The maximum absolute atomic E-state index is 12.2. The van der Waals surface area contributed by atoms with Gasteiger partial charge in [0.1, 0.15) is 11.5 Å². The standard InChI is InChI=1S/C52H86O2S/c1-45(2,3)29-49(13,14)37-25-33(26-38(43(37)53)50(15,16)30-46(4,5)6)35-21-23-42-36(22-24-41(35)55-42)34-27-39(51(17,18)31-47(7,8)9)44(54)40(28-34)52(19,20)32-48(10,11)12/h25-28,35-36,41-42,53-54H,21-24,29-32H2,1-20H3. The second kappa shape index (κ2) is 15.2. The maximum atomic E-state index is 12.2. The summed E-state index contributed by atoms with van der Waals surface area (Å²) >= 11 is 2.26. The van der Waals surface area contributed by atoms with E-state index in [-0.39, 0.29) is 43.3 Å². The third-order valence-corrected chi connectivity index (χ3v) is 14.5. The fourth-order valence-corrected chi connectivity index (χ4v) is 14.2. The maximum Gasteiger partial charge on any atom is 0.123 e. The Morgan fingerprint density at radius 1 is 0.400 bits per heavy atom. The van der Waals surface area contributed by atoms with E-state index in [1.807, 2.05) is 0 Å². The second-order valence-electron chi connectivity index (χ2n) is 26.0. The molecule has 2 saturated heterocycles. The van der Waals surface area contributed by atoms with Crippen molar-refractivity contribution < 1.29 is 10.2 Å². The van der Waals surface area contributed by atoms with Crippen LogP contribution in [0, 0.1) is 21.7 Å². The van der Waals surface area contributed by atoms with E-state index < -0.39 is 0 Å². The van der Waals surface area contributed by atoms with Crippen LogP contribution in [0.2, 0.25) is 0 Å². The molecule has 0 aromatic heterocycles. The summed E-state index contributed by atoms with van der Waals surface area (Å²) in [6.45, 7) is 46.7.